The molecule has 0 aliphatic carbocycles. The van der Waals surface area contributed by atoms with Crippen molar-refractivity contribution in [3.63, 3.8) is 0 Å². The van der Waals surface area contributed by atoms with Crippen LogP contribution >= 0.6 is 0 Å². The van der Waals surface area contributed by atoms with Gasteiger partial charge in [-0.05, 0) is 18.7 Å². The zero-order valence-electron chi connectivity index (χ0n) is 12.2. The van der Waals surface area contributed by atoms with Crippen molar-refractivity contribution in [3.05, 3.63) is 39.4 Å². The first kappa shape index (κ1) is 15.4. The van der Waals surface area contributed by atoms with E-state index in [0.29, 0.717) is 6.54 Å². The minimum absolute atomic E-state index is 0.0815. The number of hydrogen-bond acceptors (Lipinski definition) is 6. The number of ether oxygens (including phenoxy) is 1. The molecule has 21 heavy (non-hydrogen) atoms. The predicted octanol–water partition coefficient (Wildman–Crippen LogP) is 1.13. The number of nitro benzene ring substituents is 1. The molecule has 0 saturated carbocycles. The molecular formula is C14H19N3O4. The highest BCUT2D eigenvalue weighted by molar-refractivity contribution is 5.90. The molecule has 114 valence electrons. The van der Waals surface area contributed by atoms with Crippen molar-refractivity contribution in [3.8, 4) is 0 Å². The summed E-state index contributed by atoms with van der Waals surface area (Å²) < 4.78 is 4.65. The third-order valence-corrected chi connectivity index (χ3v) is 3.61. The van der Waals surface area contributed by atoms with Gasteiger partial charge < -0.3 is 9.64 Å². The molecule has 1 fully saturated rings. The summed E-state index contributed by atoms with van der Waals surface area (Å²) in [7, 11) is 3.33. The second-order valence-electron chi connectivity index (χ2n) is 5.22. The Balaban J connectivity index is 2.19. The number of non-ortho nitro benzene ring substituents is 1. The van der Waals surface area contributed by atoms with E-state index < -0.39 is 10.9 Å². The van der Waals surface area contributed by atoms with E-state index in [-0.39, 0.29) is 11.3 Å². The lowest BCUT2D eigenvalue weighted by atomic mass is 10.1. The Bertz CT molecular complexity index is 539. The fraction of sp³-hybridized carbons (Fsp3) is 0.500. The average molecular weight is 293 g/mol. The van der Waals surface area contributed by atoms with Crippen LogP contribution in [-0.2, 0) is 11.3 Å². The molecule has 2 rings (SSSR count). The molecule has 1 aliphatic heterocycles. The van der Waals surface area contributed by atoms with E-state index >= 15 is 0 Å². The minimum Gasteiger partial charge on any atom is -0.465 e. The van der Waals surface area contributed by atoms with Crippen LogP contribution in [0.3, 0.4) is 0 Å². The van der Waals surface area contributed by atoms with Gasteiger partial charge in [-0.1, -0.05) is 0 Å². The Hall–Kier alpha value is -1.99. The van der Waals surface area contributed by atoms with Crippen molar-refractivity contribution in [2.75, 3.05) is 40.3 Å². The van der Waals surface area contributed by atoms with E-state index in [2.05, 4.69) is 21.6 Å². The van der Waals surface area contributed by atoms with E-state index in [4.69, 9.17) is 0 Å². The highest BCUT2D eigenvalue weighted by Crippen LogP contribution is 2.19. The largest absolute Gasteiger partial charge is 0.465 e. The molecule has 1 aromatic rings. The smallest absolute Gasteiger partial charge is 0.338 e. The Morgan fingerprint density at radius 3 is 2.52 bits per heavy atom. The van der Waals surface area contributed by atoms with Gasteiger partial charge >= 0.3 is 5.97 Å². The van der Waals surface area contributed by atoms with E-state index in [9.17, 15) is 14.9 Å². The molecule has 0 radical (unpaired) electrons. The van der Waals surface area contributed by atoms with Crippen LogP contribution in [0.15, 0.2) is 18.2 Å². The number of likely N-dealkylation sites (N-methyl/N-ethyl adjacent to an activating group) is 1. The molecule has 0 amide bonds. The molecule has 1 saturated heterocycles. The lowest BCUT2D eigenvalue weighted by Crippen LogP contribution is -2.43. The van der Waals surface area contributed by atoms with Gasteiger partial charge in [0.15, 0.2) is 0 Å². The summed E-state index contributed by atoms with van der Waals surface area (Å²) in [6.45, 7) is 4.36. The van der Waals surface area contributed by atoms with E-state index in [1.807, 2.05) is 0 Å². The Kier molecular flexibility index (Phi) is 4.87. The summed E-state index contributed by atoms with van der Waals surface area (Å²) in [5, 5.41) is 11.0. The second kappa shape index (κ2) is 6.64. The molecule has 0 aromatic heterocycles. The van der Waals surface area contributed by atoms with Crippen LogP contribution in [0.2, 0.25) is 0 Å². The van der Waals surface area contributed by atoms with E-state index in [1.54, 1.807) is 6.07 Å². The van der Waals surface area contributed by atoms with Crippen molar-refractivity contribution >= 4 is 11.7 Å². The van der Waals surface area contributed by atoms with E-state index in [1.165, 1.54) is 19.2 Å². The Labute approximate surface area is 123 Å². The fourth-order valence-corrected chi connectivity index (χ4v) is 2.37. The fourth-order valence-electron chi connectivity index (χ4n) is 2.37. The molecule has 1 aromatic carbocycles. The van der Waals surface area contributed by atoms with Crippen LogP contribution in [0.5, 0.6) is 0 Å². The first-order chi connectivity index (χ1) is 9.99. The topological polar surface area (TPSA) is 75.9 Å². The van der Waals surface area contributed by atoms with Gasteiger partial charge in [-0.25, -0.2) is 4.79 Å². The number of hydrogen-bond donors (Lipinski definition) is 0. The van der Waals surface area contributed by atoms with Crippen LogP contribution in [0.4, 0.5) is 5.69 Å². The number of esters is 1. The van der Waals surface area contributed by atoms with Gasteiger partial charge in [-0.15, -0.1) is 0 Å². The lowest BCUT2D eigenvalue weighted by molar-refractivity contribution is -0.385. The van der Waals surface area contributed by atoms with Crippen molar-refractivity contribution in [2.24, 2.45) is 0 Å². The molecule has 1 aliphatic rings. The number of nitrogens with zero attached hydrogens (tertiary/aromatic N) is 3. The second-order valence-corrected chi connectivity index (χ2v) is 5.22. The van der Waals surface area contributed by atoms with Gasteiger partial charge in [-0.3, -0.25) is 15.0 Å². The maximum atomic E-state index is 11.6. The SMILES string of the molecule is COC(=O)c1cc(CN2CCN(C)CC2)cc([N+](=O)[O-])c1. The maximum absolute atomic E-state index is 11.6. The number of piperazine rings is 1. The molecular weight excluding hydrogens is 274 g/mol. The monoisotopic (exact) mass is 293 g/mol. The van der Waals surface area contributed by atoms with Gasteiger partial charge in [0.25, 0.3) is 5.69 Å². The summed E-state index contributed by atoms with van der Waals surface area (Å²) in [5.41, 5.74) is 0.895. The molecule has 0 atom stereocenters. The van der Waals surface area contributed by atoms with Crippen LogP contribution in [0.25, 0.3) is 0 Å². The summed E-state index contributed by atoms with van der Waals surface area (Å²) in [6, 6.07) is 4.43. The molecule has 0 N–H and O–H groups in total. The highest BCUT2D eigenvalue weighted by atomic mass is 16.6. The van der Waals surface area contributed by atoms with Gasteiger partial charge in [0, 0.05) is 44.9 Å². The number of methoxy groups -OCH3 is 1. The first-order valence-electron chi connectivity index (χ1n) is 6.77. The first-order valence-corrected chi connectivity index (χ1v) is 6.77. The predicted molar refractivity (Wildman–Crippen MR) is 77.2 cm³/mol. The summed E-state index contributed by atoms with van der Waals surface area (Å²) in [5.74, 6) is -0.557. The normalized spacial score (nSPS) is 16.7. The van der Waals surface area contributed by atoms with Gasteiger partial charge in [0.05, 0.1) is 17.6 Å². The third-order valence-electron chi connectivity index (χ3n) is 3.61. The van der Waals surface area contributed by atoms with Crippen molar-refractivity contribution in [1.29, 1.82) is 0 Å². The minimum atomic E-state index is -0.557. The van der Waals surface area contributed by atoms with Gasteiger partial charge in [0.1, 0.15) is 0 Å². The third kappa shape index (κ3) is 3.99. The standard InChI is InChI=1S/C14H19N3O4/c1-15-3-5-16(6-4-15)10-11-7-12(14(18)21-2)9-13(8-11)17(19)20/h7-9H,3-6,10H2,1-2H3. The quantitative estimate of drug-likeness (QED) is 0.470. The molecule has 7 nitrogen and oxygen atoms in total. The van der Waals surface area contributed by atoms with Gasteiger partial charge in [0.2, 0.25) is 0 Å². The Morgan fingerprint density at radius 2 is 1.95 bits per heavy atom. The van der Waals surface area contributed by atoms with Crippen molar-refractivity contribution in [1.82, 2.24) is 9.80 Å². The summed E-state index contributed by atoms with van der Waals surface area (Å²) in [6.07, 6.45) is 0. The molecule has 0 spiro atoms. The molecule has 0 unspecified atom stereocenters. The maximum Gasteiger partial charge on any atom is 0.338 e. The van der Waals surface area contributed by atoms with Crippen LogP contribution < -0.4 is 0 Å². The van der Waals surface area contributed by atoms with Crippen LogP contribution in [0, 0.1) is 10.1 Å². The average Bonchev–Trinajstić information content (AvgIpc) is 2.48. The summed E-state index contributed by atoms with van der Waals surface area (Å²) >= 11 is 0. The van der Waals surface area contributed by atoms with Crippen molar-refractivity contribution in [2.45, 2.75) is 6.54 Å². The zero-order chi connectivity index (χ0) is 15.4. The number of nitro groups is 1. The number of rotatable bonds is 4. The van der Waals surface area contributed by atoms with E-state index in [0.717, 1.165) is 31.7 Å². The van der Waals surface area contributed by atoms with Gasteiger partial charge in [-0.2, -0.15) is 0 Å². The lowest BCUT2D eigenvalue weighted by Gasteiger charge is -2.32. The number of carbonyl (C=O) groups excluding carboxylic acids is 1. The highest BCUT2D eigenvalue weighted by Gasteiger charge is 2.18. The molecule has 0 bridgehead atoms. The number of benzene rings is 1. The Morgan fingerprint density at radius 1 is 1.29 bits per heavy atom. The molecule has 7 heteroatoms. The zero-order valence-corrected chi connectivity index (χ0v) is 12.2. The molecule has 1 heterocycles. The number of carbonyl (C=O) groups is 1. The summed E-state index contributed by atoms with van der Waals surface area (Å²) in [4.78, 5) is 26.6. The van der Waals surface area contributed by atoms with Crippen molar-refractivity contribution < 1.29 is 14.5 Å². The van der Waals surface area contributed by atoms with Crippen LogP contribution in [0.1, 0.15) is 15.9 Å². The van der Waals surface area contributed by atoms with Crippen LogP contribution in [-0.4, -0.2) is 61.0 Å².